The van der Waals surface area contributed by atoms with Crippen LogP contribution in [0.15, 0.2) is 60.7 Å². The van der Waals surface area contributed by atoms with Crippen LogP contribution in [0, 0.1) is 0 Å². The Morgan fingerprint density at radius 1 is 0.545 bits per heavy atom. The van der Waals surface area contributed by atoms with E-state index in [1.54, 1.807) is 0 Å². The Kier molecular flexibility index (Phi) is 7.98. The Morgan fingerprint density at radius 2 is 0.818 bits per heavy atom. The van der Waals surface area contributed by atoms with Gasteiger partial charge in [0, 0.05) is 0 Å². The van der Waals surface area contributed by atoms with E-state index in [1.807, 2.05) is 24.3 Å². The first-order chi connectivity index (χ1) is 20.3. The first kappa shape index (κ1) is 32.4. The summed E-state index contributed by atoms with van der Waals surface area (Å²) in [5, 5.41) is 0.236. The molecular formula is C38H50O4Si2. The molecule has 3 aromatic carbocycles. The van der Waals surface area contributed by atoms with E-state index < -0.39 is 27.5 Å². The lowest BCUT2D eigenvalue weighted by atomic mass is 9.78. The molecule has 2 aliphatic rings. The van der Waals surface area contributed by atoms with Gasteiger partial charge in [0.2, 0.25) is 16.6 Å². The Hall–Kier alpha value is -2.97. The average molecular weight is 627 g/mol. The summed E-state index contributed by atoms with van der Waals surface area (Å²) in [4.78, 5) is 25.4. The number of hydrogen-bond acceptors (Lipinski definition) is 4. The quantitative estimate of drug-likeness (QED) is 0.185. The van der Waals surface area contributed by atoms with E-state index in [4.69, 9.17) is 8.85 Å². The molecule has 0 spiro atoms. The second-order valence-corrected chi connectivity index (χ2v) is 25.9. The molecule has 0 heterocycles. The van der Waals surface area contributed by atoms with Gasteiger partial charge in [-0.25, -0.2) is 0 Å². The number of rotatable bonds is 8. The number of carbonyl (C=O) groups is 2. The van der Waals surface area contributed by atoms with Gasteiger partial charge in [-0.1, -0.05) is 77.9 Å². The first-order valence-electron chi connectivity index (χ1n) is 16.0. The molecule has 0 N–H and O–H groups in total. The van der Waals surface area contributed by atoms with Crippen LogP contribution in [0.1, 0.15) is 74.9 Å². The number of carbonyl (C=O) groups excluding carboxylic acids is 2. The summed E-state index contributed by atoms with van der Waals surface area (Å²) in [7, 11) is -3.88. The summed E-state index contributed by atoms with van der Waals surface area (Å²) in [6.07, 6.45) is 4.99. The van der Waals surface area contributed by atoms with Crippen LogP contribution in [0.25, 0.3) is 0 Å². The third-order valence-corrected chi connectivity index (χ3v) is 19.9. The molecule has 2 aliphatic carbocycles. The van der Waals surface area contributed by atoms with Crippen LogP contribution in [-0.4, -0.2) is 29.2 Å². The minimum absolute atomic E-state index is 0.118. The molecular weight excluding hydrogens is 577 g/mol. The van der Waals surface area contributed by atoms with E-state index in [9.17, 15) is 9.59 Å². The van der Waals surface area contributed by atoms with Gasteiger partial charge in [-0.2, -0.15) is 0 Å². The summed E-state index contributed by atoms with van der Waals surface area (Å²) in [6, 6.07) is 21.0. The third kappa shape index (κ3) is 5.76. The average Bonchev–Trinajstić information content (AvgIpc) is 3.49. The van der Waals surface area contributed by atoms with Crippen molar-refractivity contribution in [3.63, 3.8) is 0 Å². The molecule has 0 bridgehead atoms. The molecule has 4 nitrogen and oxygen atoms in total. The van der Waals surface area contributed by atoms with Crippen LogP contribution in [0.3, 0.4) is 0 Å². The first-order valence-corrected chi connectivity index (χ1v) is 21.8. The fourth-order valence-corrected chi connectivity index (χ4v) is 8.31. The van der Waals surface area contributed by atoms with E-state index in [-0.39, 0.29) is 10.1 Å². The Labute approximate surface area is 266 Å². The van der Waals surface area contributed by atoms with Crippen LogP contribution in [0.5, 0.6) is 11.5 Å². The van der Waals surface area contributed by atoms with Crippen molar-refractivity contribution in [1.29, 1.82) is 0 Å². The SMILES string of the molecule is CC(C)(C)[Si](C)(C)Oc1ccc(C2(C=O)Cc3cc4c(cc3C2)CC(C=O)(c2ccc(O[Si](C)(C)C(C)(C)C)cc2)C4)cc1. The van der Waals surface area contributed by atoms with Crippen molar-refractivity contribution in [3.05, 3.63) is 94.0 Å². The summed E-state index contributed by atoms with van der Waals surface area (Å²) in [5.41, 5.74) is 5.80. The van der Waals surface area contributed by atoms with Gasteiger partial charge in [0.25, 0.3) is 0 Å². The highest BCUT2D eigenvalue weighted by Gasteiger charge is 2.44. The number of hydrogen-bond donors (Lipinski definition) is 0. The molecule has 0 saturated carbocycles. The predicted octanol–water partition coefficient (Wildman–Crippen LogP) is 8.93. The summed E-state index contributed by atoms with van der Waals surface area (Å²) in [5.74, 6) is 1.75. The van der Waals surface area contributed by atoms with Gasteiger partial charge in [-0.3, -0.25) is 0 Å². The van der Waals surface area contributed by atoms with Crippen LogP contribution in [0.2, 0.25) is 36.3 Å². The molecule has 234 valence electrons. The fraction of sp³-hybridized carbons (Fsp3) is 0.474. The van der Waals surface area contributed by atoms with E-state index in [0.717, 1.165) is 35.2 Å². The predicted molar refractivity (Wildman–Crippen MR) is 185 cm³/mol. The van der Waals surface area contributed by atoms with E-state index >= 15 is 0 Å². The lowest BCUT2D eigenvalue weighted by molar-refractivity contribution is -0.113. The number of benzene rings is 3. The smallest absolute Gasteiger partial charge is 0.250 e. The van der Waals surface area contributed by atoms with Crippen molar-refractivity contribution < 1.29 is 18.4 Å². The van der Waals surface area contributed by atoms with Crippen molar-refractivity contribution in [2.75, 3.05) is 0 Å². The maximum Gasteiger partial charge on any atom is 0.250 e. The number of aldehydes is 2. The molecule has 0 saturated heterocycles. The molecule has 3 aromatic rings. The number of fused-ring (bicyclic) bond motifs is 2. The molecule has 0 radical (unpaired) electrons. The van der Waals surface area contributed by atoms with Gasteiger partial charge >= 0.3 is 0 Å². The van der Waals surface area contributed by atoms with Gasteiger partial charge in [0.05, 0.1) is 10.8 Å². The zero-order valence-electron chi connectivity index (χ0n) is 28.4. The lowest BCUT2D eigenvalue weighted by Crippen LogP contribution is -2.43. The molecule has 0 aromatic heterocycles. The van der Waals surface area contributed by atoms with Crippen LogP contribution in [-0.2, 0) is 46.1 Å². The maximum atomic E-state index is 12.7. The fourth-order valence-electron chi connectivity index (χ4n) is 6.25. The molecule has 5 rings (SSSR count). The highest BCUT2D eigenvalue weighted by atomic mass is 28.4. The minimum atomic E-state index is -1.94. The van der Waals surface area contributed by atoms with Gasteiger partial charge in [-0.15, -0.1) is 0 Å². The normalized spacial score (nSPS) is 17.5. The lowest BCUT2D eigenvalue weighted by Gasteiger charge is -2.36. The van der Waals surface area contributed by atoms with Crippen LogP contribution >= 0.6 is 0 Å². The molecule has 0 atom stereocenters. The molecule has 6 heteroatoms. The Bertz CT molecular complexity index is 1400. The molecule has 44 heavy (non-hydrogen) atoms. The summed E-state index contributed by atoms with van der Waals surface area (Å²) in [6.45, 7) is 22.4. The van der Waals surface area contributed by atoms with Crippen molar-refractivity contribution >= 4 is 29.2 Å². The van der Waals surface area contributed by atoms with Crippen molar-refractivity contribution in [2.45, 2.75) is 114 Å². The Morgan fingerprint density at radius 3 is 1.05 bits per heavy atom. The van der Waals surface area contributed by atoms with Crippen molar-refractivity contribution in [1.82, 2.24) is 0 Å². The molecule has 0 aliphatic heterocycles. The van der Waals surface area contributed by atoms with Crippen LogP contribution in [0.4, 0.5) is 0 Å². The highest BCUT2D eigenvalue weighted by Crippen LogP contribution is 2.46. The third-order valence-electron chi connectivity index (χ3n) is 11.2. The van der Waals surface area contributed by atoms with Gasteiger partial charge < -0.3 is 18.4 Å². The topological polar surface area (TPSA) is 52.6 Å². The van der Waals surface area contributed by atoms with Crippen LogP contribution < -0.4 is 8.85 Å². The van der Waals surface area contributed by atoms with Gasteiger partial charge in [0.1, 0.15) is 24.1 Å². The largest absolute Gasteiger partial charge is 0.544 e. The molecule has 0 amide bonds. The molecule has 0 fully saturated rings. The summed E-state index contributed by atoms with van der Waals surface area (Å²) < 4.78 is 13.0. The second kappa shape index (κ2) is 10.8. The standard InChI is InChI=1S/C38H50O4Si2/c1-35(2,3)43(7,8)41-33-15-11-31(12-16-33)37(25-39)21-27-19-29-23-38(26-40,24-30(29)20-28(27)22-37)32-13-17-34(18-14-32)42-44(9,10)36(4,5)6/h11-20,25-26H,21-24H2,1-10H3. The van der Waals surface area contributed by atoms with Crippen molar-refractivity contribution in [3.8, 4) is 11.5 Å². The van der Waals surface area contributed by atoms with E-state index in [1.165, 1.54) is 22.3 Å². The van der Waals surface area contributed by atoms with E-state index in [2.05, 4.69) is 104 Å². The highest BCUT2D eigenvalue weighted by molar-refractivity contribution is 6.75. The molecule has 0 unspecified atom stereocenters. The zero-order chi connectivity index (χ0) is 32.3. The summed E-state index contributed by atoms with van der Waals surface area (Å²) >= 11 is 0. The second-order valence-electron chi connectivity index (χ2n) is 16.4. The zero-order valence-corrected chi connectivity index (χ0v) is 30.4. The maximum absolute atomic E-state index is 12.7. The monoisotopic (exact) mass is 626 g/mol. The van der Waals surface area contributed by atoms with Gasteiger partial charge in [-0.05, 0) is 120 Å². The van der Waals surface area contributed by atoms with E-state index in [0.29, 0.717) is 25.7 Å². The minimum Gasteiger partial charge on any atom is -0.544 e. The van der Waals surface area contributed by atoms with Crippen molar-refractivity contribution in [2.24, 2.45) is 0 Å². The van der Waals surface area contributed by atoms with Gasteiger partial charge in [0.15, 0.2) is 0 Å². The Balaban J connectivity index is 1.34.